The second-order valence-electron chi connectivity index (χ2n) is 11.4. The summed E-state index contributed by atoms with van der Waals surface area (Å²) in [5.41, 5.74) is 10.7. The van der Waals surface area contributed by atoms with Gasteiger partial charge in [-0.1, -0.05) is 158 Å². The third-order valence-corrected chi connectivity index (χ3v) is 8.66. The van der Waals surface area contributed by atoms with E-state index in [2.05, 4.69) is 193 Å². The summed E-state index contributed by atoms with van der Waals surface area (Å²) in [6.07, 6.45) is 0. The van der Waals surface area contributed by atoms with Gasteiger partial charge in [-0.05, 0) is 74.3 Å². The summed E-state index contributed by atoms with van der Waals surface area (Å²) in [5, 5.41) is 4.97. The molecule has 0 amide bonds. The van der Waals surface area contributed by atoms with Gasteiger partial charge < -0.3 is 4.90 Å². The van der Waals surface area contributed by atoms with E-state index in [9.17, 15) is 0 Å². The lowest BCUT2D eigenvalue weighted by atomic mass is 9.95. The minimum atomic E-state index is 1.11. The summed E-state index contributed by atoms with van der Waals surface area (Å²) in [6.45, 7) is 0. The van der Waals surface area contributed by atoms with Crippen LogP contribution in [0.3, 0.4) is 0 Å². The summed E-state index contributed by atoms with van der Waals surface area (Å²) in [4.78, 5) is 2.40. The second-order valence-corrected chi connectivity index (χ2v) is 11.4. The standard InChI is InChI=1S/C44H31N/c1-2-13-34(14-3-1)41-23-8-9-25-43(41)45(44-26-12-18-35-16-5-7-22-42(35)44)38-29-27-32(28-30-38)36-19-10-20-37(31-36)40-24-11-17-33-15-4-6-21-39(33)40/h1-31H. The van der Waals surface area contributed by atoms with Crippen molar-refractivity contribution in [3.63, 3.8) is 0 Å². The Hall–Kier alpha value is -5.92. The van der Waals surface area contributed by atoms with Crippen LogP contribution in [-0.2, 0) is 0 Å². The van der Waals surface area contributed by atoms with Crippen molar-refractivity contribution in [1.29, 1.82) is 0 Å². The molecular weight excluding hydrogens is 542 g/mol. The molecule has 0 aliphatic carbocycles. The van der Waals surface area contributed by atoms with Crippen molar-refractivity contribution in [3.8, 4) is 33.4 Å². The topological polar surface area (TPSA) is 3.24 Å². The SMILES string of the molecule is c1ccc(-c2ccccc2N(c2ccc(-c3cccc(-c4cccc5ccccc45)c3)cc2)c2cccc3ccccc23)cc1. The molecule has 0 saturated carbocycles. The molecule has 0 radical (unpaired) electrons. The lowest BCUT2D eigenvalue weighted by Gasteiger charge is -2.29. The van der Waals surface area contributed by atoms with E-state index in [1.54, 1.807) is 0 Å². The first-order valence-corrected chi connectivity index (χ1v) is 15.4. The molecule has 0 aliphatic rings. The van der Waals surface area contributed by atoms with Crippen molar-refractivity contribution < 1.29 is 0 Å². The average molecular weight is 574 g/mol. The van der Waals surface area contributed by atoms with E-state index in [4.69, 9.17) is 0 Å². The molecule has 0 unspecified atom stereocenters. The number of nitrogens with zero attached hydrogens (tertiary/aromatic N) is 1. The highest BCUT2D eigenvalue weighted by Crippen LogP contribution is 2.43. The van der Waals surface area contributed by atoms with Gasteiger partial charge in [-0.2, -0.15) is 0 Å². The van der Waals surface area contributed by atoms with Crippen LogP contribution in [0.2, 0.25) is 0 Å². The number of benzene rings is 8. The Labute approximate surface area is 264 Å². The van der Waals surface area contributed by atoms with Gasteiger partial charge in [0.2, 0.25) is 0 Å². The average Bonchev–Trinajstić information content (AvgIpc) is 3.12. The van der Waals surface area contributed by atoms with Gasteiger partial charge in [0.25, 0.3) is 0 Å². The number of anilines is 3. The van der Waals surface area contributed by atoms with Crippen LogP contribution >= 0.6 is 0 Å². The third-order valence-electron chi connectivity index (χ3n) is 8.66. The van der Waals surface area contributed by atoms with E-state index in [1.807, 2.05) is 0 Å². The molecule has 1 nitrogen and oxygen atoms in total. The highest BCUT2D eigenvalue weighted by Gasteiger charge is 2.19. The highest BCUT2D eigenvalue weighted by molar-refractivity contribution is 6.01. The number of hydrogen-bond acceptors (Lipinski definition) is 1. The van der Waals surface area contributed by atoms with E-state index in [1.165, 1.54) is 54.9 Å². The molecule has 1 heteroatoms. The van der Waals surface area contributed by atoms with Crippen LogP contribution in [0.1, 0.15) is 0 Å². The summed E-state index contributed by atoms with van der Waals surface area (Å²) < 4.78 is 0. The van der Waals surface area contributed by atoms with Gasteiger partial charge in [0.15, 0.2) is 0 Å². The van der Waals surface area contributed by atoms with Crippen molar-refractivity contribution in [1.82, 2.24) is 0 Å². The van der Waals surface area contributed by atoms with Gasteiger partial charge in [0, 0.05) is 16.6 Å². The van der Waals surface area contributed by atoms with Crippen molar-refractivity contribution in [2.75, 3.05) is 4.90 Å². The summed E-state index contributed by atoms with van der Waals surface area (Å²) in [6, 6.07) is 67.6. The summed E-state index contributed by atoms with van der Waals surface area (Å²) in [5.74, 6) is 0. The lowest BCUT2D eigenvalue weighted by molar-refractivity contribution is 1.30. The van der Waals surface area contributed by atoms with E-state index < -0.39 is 0 Å². The first-order valence-electron chi connectivity index (χ1n) is 15.4. The number of para-hydroxylation sites is 1. The van der Waals surface area contributed by atoms with Crippen LogP contribution in [0, 0.1) is 0 Å². The maximum atomic E-state index is 2.40. The Morgan fingerprint density at radius 3 is 1.64 bits per heavy atom. The molecule has 0 heterocycles. The maximum Gasteiger partial charge on any atom is 0.0540 e. The fraction of sp³-hybridized carbons (Fsp3) is 0. The largest absolute Gasteiger partial charge is 0.309 e. The molecule has 0 fully saturated rings. The Bertz CT molecular complexity index is 2250. The Morgan fingerprint density at radius 2 is 0.822 bits per heavy atom. The van der Waals surface area contributed by atoms with Crippen molar-refractivity contribution in [2.45, 2.75) is 0 Å². The van der Waals surface area contributed by atoms with Gasteiger partial charge in [-0.3, -0.25) is 0 Å². The monoisotopic (exact) mass is 573 g/mol. The van der Waals surface area contributed by atoms with Crippen LogP contribution in [0.4, 0.5) is 17.1 Å². The van der Waals surface area contributed by atoms with E-state index in [0.29, 0.717) is 0 Å². The minimum absolute atomic E-state index is 1.11. The number of rotatable bonds is 6. The third kappa shape index (κ3) is 5.05. The van der Waals surface area contributed by atoms with Crippen molar-refractivity contribution in [3.05, 3.63) is 188 Å². The van der Waals surface area contributed by atoms with Crippen LogP contribution in [-0.4, -0.2) is 0 Å². The molecule has 0 saturated heterocycles. The molecule has 0 N–H and O–H groups in total. The van der Waals surface area contributed by atoms with Crippen molar-refractivity contribution >= 4 is 38.6 Å². The smallest absolute Gasteiger partial charge is 0.0540 e. The fourth-order valence-corrected chi connectivity index (χ4v) is 6.49. The first-order chi connectivity index (χ1) is 22.3. The van der Waals surface area contributed by atoms with E-state index >= 15 is 0 Å². The normalized spacial score (nSPS) is 11.1. The summed E-state index contributed by atoms with van der Waals surface area (Å²) in [7, 11) is 0. The molecule has 0 spiro atoms. The van der Waals surface area contributed by atoms with E-state index in [0.717, 1.165) is 17.1 Å². The van der Waals surface area contributed by atoms with Crippen LogP contribution in [0.25, 0.3) is 54.9 Å². The molecule has 0 aliphatic heterocycles. The zero-order valence-electron chi connectivity index (χ0n) is 24.8. The maximum absolute atomic E-state index is 2.40. The fourth-order valence-electron chi connectivity index (χ4n) is 6.49. The molecule has 8 aromatic carbocycles. The molecule has 8 rings (SSSR count). The van der Waals surface area contributed by atoms with Gasteiger partial charge in [0.05, 0.1) is 11.4 Å². The molecule has 0 bridgehead atoms. The van der Waals surface area contributed by atoms with Gasteiger partial charge in [-0.15, -0.1) is 0 Å². The van der Waals surface area contributed by atoms with E-state index in [-0.39, 0.29) is 0 Å². The van der Waals surface area contributed by atoms with Gasteiger partial charge in [-0.25, -0.2) is 0 Å². The Balaban J connectivity index is 1.25. The second kappa shape index (κ2) is 11.6. The zero-order chi connectivity index (χ0) is 30.0. The highest BCUT2D eigenvalue weighted by atomic mass is 15.1. The zero-order valence-corrected chi connectivity index (χ0v) is 24.8. The van der Waals surface area contributed by atoms with Crippen LogP contribution in [0.15, 0.2) is 188 Å². The first kappa shape index (κ1) is 26.7. The van der Waals surface area contributed by atoms with Crippen molar-refractivity contribution in [2.24, 2.45) is 0 Å². The lowest BCUT2D eigenvalue weighted by Crippen LogP contribution is -2.11. The molecular formula is C44H31N. The summed E-state index contributed by atoms with van der Waals surface area (Å²) >= 11 is 0. The molecule has 45 heavy (non-hydrogen) atoms. The Kier molecular flexibility index (Phi) is 6.90. The van der Waals surface area contributed by atoms with Crippen LogP contribution in [0.5, 0.6) is 0 Å². The Morgan fingerprint density at radius 1 is 0.289 bits per heavy atom. The van der Waals surface area contributed by atoms with Crippen LogP contribution < -0.4 is 4.90 Å². The quantitative estimate of drug-likeness (QED) is 0.191. The molecule has 0 atom stereocenters. The number of fused-ring (bicyclic) bond motifs is 2. The predicted octanol–water partition coefficient (Wildman–Crippen LogP) is 12.5. The molecule has 0 aromatic heterocycles. The van der Waals surface area contributed by atoms with Gasteiger partial charge >= 0.3 is 0 Å². The van der Waals surface area contributed by atoms with Gasteiger partial charge in [0.1, 0.15) is 0 Å². The number of hydrogen-bond donors (Lipinski definition) is 0. The molecule has 212 valence electrons. The molecule has 8 aromatic rings. The predicted molar refractivity (Wildman–Crippen MR) is 192 cm³/mol. The minimum Gasteiger partial charge on any atom is -0.309 e.